The minimum atomic E-state index is -0.906. The number of rotatable bonds is 10. The molecule has 2 heterocycles. The fourth-order valence-corrected chi connectivity index (χ4v) is 4.40. The van der Waals surface area contributed by atoms with E-state index in [9.17, 15) is 18.4 Å². The Morgan fingerprint density at radius 3 is 2.69 bits per heavy atom. The monoisotopic (exact) mass is 418 g/mol. The van der Waals surface area contributed by atoms with Crippen LogP contribution in [0.5, 0.6) is 0 Å². The number of unbranched alkanes of at least 4 members (excludes halogenated alkanes) is 4. The summed E-state index contributed by atoms with van der Waals surface area (Å²) in [6.45, 7) is 2.18. The summed E-state index contributed by atoms with van der Waals surface area (Å²) >= 11 is 1.50. The van der Waals surface area contributed by atoms with Gasteiger partial charge in [0.1, 0.15) is 22.8 Å². The molecule has 0 radical (unpaired) electrons. The summed E-state index contributed by atoms with van der Waals surface area (Å²) in [5.41, 5.74) is -0.142. The number of fused-ring (bicyclic) bond motifs is 1. The first-order valence-electron chi connectivity index (χ1n) is 9.92. The first kappa shape index (κ1) is 21.3. The van der Waals surface area contributed by atoms with Crippen LogP contribution in [-0.2, 0) is 17.6 Å². The number of carbonyl (C=O) groups is 1. The number of aryl methyl sites for hydroxylation is 1. The van der Waals surface area contributed by atoms with Gasteiger partial charge in [0.05, 0.1) is 17.8 Å². The number of nitrogens with zero attached hydrogens (tertiary/aromatic N) is 2. The second kappa shape index (κ2) is 9.87. The van der Waals surface area contributed by atoms with E-state index in [0.29, 0.717) is 16.5 Å². The predicted molar refractivity (Wildman–Crippen MR) is 112 cm³/mol. The largest absolute Gasteiger partial charge is 0.301 e. The Labute approximate surface area is 172 Å². The first-order chi connectivity index (χ1) is 14.0. The zero-order valence-corrected chi connectivity index (χ0v) is 17.2. The minimum absolute atomic E-state index is 0.0445. The molecule has 7 heteroatoms. The minimum Gasteiger partial charge on any atom is -0.301 e. The summed E-state index contributed by atoms with van der Waals surface area (Å²) in [4.78, 5) is 30.6. The van der Waals surface area contributed by atoms with Gasteiger partial charge >= 0.3 is 0 Å². The van der Waals surface area contributed by atoms with Crippen molar-refractivity contribution in [2.75, 3.05) is 0 Å². The van der Waals surface area contributed by atoms with Gasteiger partial charge in [0.2, 0.25) is 0 Å². The van der Waals surface area contributed by atoms with E-state index in [1.54, 1.807) is 0 Å². The van der Waals surface area contributed by atoms with Gasteiger partial charge in [-0.2, -0.15) is 0 Å². The average Bonchev–Trinajstić information content (AvgIpc) is 3.12. The molecule has 0 saturated carbocycles. The van der Waals surface area contributed by atoms with Crippen molar-refractivity contribution in [2.45, 2.75) is 57.9 Å². The van der Waals surface area contributed by atoms with Crippen LogP contribution in [0.4, 0.5) is 8.78 Å². The first-order valence-corrected chi connectivity index (χ1v) is 10.7. The number of aldehydes is 1. The van der Waals surface area contributed by atoms with Gasteiger partial charge in [-0.05, 0) is 30.5 Å². The Morgan fingerprint density at radius 1 is 1.17 bits per heavy atom. The van der Waals surface area contributed by atoms with Gasteiger partial charge < -0.3 is 4.79 Å². The summed E-state index contributed by atoms with van der Waals surface area (Å²) < 4.78 is 28.3. The Hall–Kier alpha value is -2.41. The molecule has 3 aromatic rings. The lowest BCUT2D eigenvalue weighted by Gasteiger charge is -2.14. The van der Waals surface area contributed by atoms with Crippen LogP contribution in [0.1, 0.15) is 55.5 Å². The number of hydrogen-bond donors (Lipinski definition) is 0. The van der Waals surface area contributed by atoms with Gasteiger partial charge in [0, 0.05) is 17.4 Å². The standard InChI is InChI=1S/C22H24F2N2O2S/c1-2-3-4-5-6-7-18-12-19-21(29-18)25-14-26(22(19)28)17(13-27)10-15-8-9-16(23)11-20(15)24/h8-9,11-14,17H,2-7,10H2,1H3. The average molecular weight is 419 g/mol. The third kappa shape index (κ3) is 5.15. The number of carbonyl (C=O) groups excluding carboxylic acids is 1. The summed E-state index contributed by atoms with van der Waals surface area (Å²) in [6.07, 6.45) is 8.68. The highest BCUT2D eigenvalue weighted by molar-refractivity contribution is 7.18. The fraction of sp³-hybridized carbons (Fsp3) is 0.409. The number of aromatic nitrogens is 2. The molecule has 1 aromatic carbocycles. The van der Waals surface area contributed by atoms with E-state index in [0.717, 1.165) is 36.3 Å². The topological polar surface area (TPSA) is 52.0 Å². The van der Waals surface area contributed by atoms with E-state index in [2.05, 4.69) is 11.9 Å². The number of hydrogen-bond acceptors (Lipinski definition) is 4. The van der Waals surface area contributed by atoms with Gasteiger partial charge in [-0.15, -0.1) is 11.3 Å². The molecule has 29 heavy (non-hydrogen) atoms. The zero-order chi connectivity index (χ0) is 20.8. The normalized spacial score (nSPS) is 12.4. The maximum atomic E-state index is 14.0. The number of thiophene rings is 1. The smallest absolute Gasteiger partial charge is 0.262 e. The Kier molecular flexibility index (Phi) is 7.25. The third-order valence-corrected chi connectivity index (χ3v) is 6.12. The van der Waals surface area contributed by atoms with E-state index in [-0.39, 0.29) is 17.5 Å². The molecule has 0 aliphatic carbocycles. The van der Waals surface area contributed by atoms with Crippen LogP contribution in [0.3, 0.4) is 0 Å². The molecule has 0 bridgehead atoms. The van der Waals surface area contributed by atoms with Crippen molar-refractivity contribution in [1.29, 1.82) is 0 Å². The van der Waals surface area contributed by atoms with Crippen molar-refractivity contribution < 1.29 is 13.6 Å². The maximum Gasteiger partial charge on any atom is 0.262 e. The van der Waals surface area contributed by atoms with Gasteiger partial charge in [-0.25, -0.2) is 13.8 Å². The zero-order valence-electron chi connectivity index (χ0n) is 16.4. The molecule has 4 nitrogen and oxygen atoms in total. The molecule has 2 aromatic heterocycles. The van der Waals surface area contributed by atoms with Crippen molar-refractivity contribution in [3.05, 3.63) is 63.0 Å². The Balaban J connectivity index is 1.80. The molecule has 154 valence electrons. The van der Waals surface area contributed by atoms with Crippen molar-refractivity contribution in [3.8, 4) is 0 Å². The lowest BCUT2D eigenvalue weighted by atomic mass is 10.1. The van der Waals surface area contributed by atoms with Crippen LogP contribution < -0.4 is 5.56 Å². The van der Waals surface area contributed by atoms with E-state index in [1.165, 1.54) is 47.6 Å². The van der Waals surface area contributed by atoms with E-state index in [1.807, 2.05) is 6.07 Å². The van der Waals surface area contributed by atoms with E-state index in [4.69, 9.17) is 0 Å². The number of benzene rings is 1. The quantitative estimate of drug-likeness (QED) is 0.335. The van der Waals surface area contributed by atoms with Gasteiger partial charge in [-0.1, -0.05) is 38.7 Å². The third-order valence-electron chi connectivity index (χ3n) is 5.01. The van der Waals surface area contributed by atoms with Crippen LogP contribution >= 0.6 is 11.3 Å². The molecule has 1 unspecified atom stereocenters. The van der Waals surface area contributed by atoms with E-state index < -0.39 is 17.7 Å². The van der Waals surface area contributed by atoms with Crippen molar-refractivity contribution in [3.63, 3.8) is 0 Å². The summed E-state index contributed by atoms with van der Waals surface area (Å²) in [7, 11) is 0. The van der Waals surface area contributed by atoms with Gasteiger partial charge in [0.15, 0.2) is 0 Å². The van der Waals surface area contributed by atoms with Gasteiger partial charge in [-0.3, -0.25) is 9.36 Å². The van der Waals surface area contributed by atoms with Gasteiger partial charge in [0.25, 0.3) is 5.56 Å². The fourth-order valence-electron chi connectivity index (χ4n) is 3.37. The highest BCUT2D eigenvalue weighted by atomic mass is 32.1. The summed E-state index contributed by atoms with van der Waals surface area (Å²) in [6, 6.07) is 4.14. The Bertz CT molecular complexity index is 1040. The van der Waals surface area contributed by atoms with Crippen LogP contribution in [0, 0.1) is 11.6 Å². The highest BCUT2D eigenvalue weighted by Gasteiger charge is 2.18. The molecule has 0 aliphatic rings. The SMILES string of the molecule is CCCCCCCc1cc2c(=O)n(C(C=O)Cc3ccc(F)cc3F)cnc2s1. The molecule has 0 fully saturated rings. The predicted octanol–water partition coefficient (Wildman–Crippen LogP) is 5.23. The molecule has 1 atom stereocenters. The molecule has 0 aliphatic heterocycles. The van der Waals surface area contributed by atoms with Crippen LogP contribution in [0.25, 0.3) is 10.2 Å². The lowest BCUT2D eigenvalue weighted by molar-refractivity contribution is -0.110. The van der Waals surface area contributed by atoms with Crippen LogP contribution in [0.2, 0.25) is 0 Å². The van der Waals surface area contributed by atoms with Crippen LogP contribution in [0.15, 0.2) is 35.4 Å². The summed E-state index contributed by atoms with van der Waals surface area (Å²) in [5.74, 6) is -1.42. The maximum absolute atomic E-state index is 14.0. The van der Waals surface area contributed by atoms with Crippen molar-refractivity contribution >= 4 is 27.8 Å². The molecule has 3 rings (SSSR count). The van der Waals surface area contributed by atoms with Crippen molar-refractivity contribution in [1.82, 2.24) is 9.55 Å². The molecule has 0 spiro atoms. The molecule has 0 N–H and O–H groups in total. The molecular formula is C22H24F2N2O2S. The van der Waals surface area contributed by atoms with Crippen molar-refractivity contribution in [2.24, 2.45) is 0 Å². The van der Waals surface area contributed by atoms with Crippen LogP contribution in [-0.4, -0.2) is 15.8 Å². The highest BCUT2D eigenvalue weighted by Crippen LogP contribution is 2.24. The molecule has 0 amide bonds. The number of halogens is 2. The molecule has 0 saturated heterocycles. The van der Waals surface area contributed by atoms with E-state index >= 15 is 0 Å². The second-order valence-corrected chi connectivity index (χ2v) is 8.31. The molecular weight excluding hydrogens is 394 g/mol. The summed E-state index contributed by atoms with van der Waals surface area (Å²) in [5, 5.41) is 0.479. The second-order valence-electron chi connectivity index (χ2n) is 7.20. The Morgan fingerprint density at radius 2 is 1.97 bits per heavy atom. The lowest BCUT2D eigenvalue weighted by Crippen LogP contribution is -2.27.